The third-order valence-corrected chi connectivity index (χ3v) is 3.22. The zero-order valence-corrected chi connectivity index (χ0v) is 10.4. The molecule has 0 aliphatic rings. The molecule has 0 unspecified atom stereocenters. The van der Waals surface area contributed by atoms with Crippen molar-refractivity contribution in [1.82, 2.24) is 20.1 Å². The maximum Gasteiger partial charge on any atom is 0.343 e. The lowest BCUT2D eigenvalue weighted by Crippen LogP contribution is -2.33. The number of nitrogens with zero attached hydrogens (tertiary/aromatic N) is 2. The van der Waals surface area contributed by atoms with Crippen LogP contribution >= 0.6 is 11.8 Å². The molecule has 6 nitrogen and oxygen atoms in total. The van der Waals surface area contributed by atoms with Crippen LogP contribution in [0.15, 0.2) is 9.95 Å². The van der Waals surface area contributed by atoms with E-state index >= 15 is 0 Å². The van der Waals surface area contributed by atoms with Crippen LogP contribution in [0.2, 0.25) is 0 Å². The van der Waals surface area contributed by atoms with Crippen LogP contribution in [0.3, 0.4) is 0 Å². The molecule has 0 bridgehead atoms. The maximum absolute atomic E-state index is 11.4. The van der Waals surface area contributed by atoms with Crippen molar-refractivity contribution < 1.29 is 4.79 Å². The monoisotopic (exact) mass is 244 g/mol. The fraction of sp³-hybridized carbons (Fsp3) is 0.667. The van der Waals surface area contributed by atoms with Crippen molar-refractivity contribution in [3.8, 4) is 0 Å². The van der Waals surface area contributed by atoms with E-state index in [1.54, 1.807) is 7.05 Å². The standard InChI is InChI=1S/C9H16N4O2S/c1-4-6(2)10-7(14)5-16-9-12-11-8(15)13(9)3/h6H,4-5H2,1-3H3,(H,10,14)(H,11,15)/t6-/m0/s1. The Labute approximate surface area is 97.8 Å². The smallest absolute Gasteiger partial charge is 0.343 e. The van der Waals surface area contributed by atoms with E-state index in [0.717, 1.165) is 6.42 Å². The summed E-state index contributed by atoms with van der Waals surface area (Å²) in [4.78, 5) is 22.5. The lowest BCUT2D eigenvalue weighted by atomic mass is 10.3. The molecule has 1 aromatic heterocycles. The molecule has 0 spiro atoms. The van der Waals surface area contributed by atoms with E-state index in [9.17, 15) is 9.59 Å². The molecule has 0 saturated carbocycles. The Morgan fingerprint density at radius 3 is 2.88 bits per heavy atom. The minimum atomic E-state index is -0.273. The molecule has 1 heterocycles. The number of rotatable bonds is 5. The van der Waals surface area contributed by atoms with Gasteiger partial charge in [0, 0.05) is 13.1 Å². The molecule has 0 saturated heterocycles. The van der Waals surface area contributed by atoms with Crippen molar-refractivity contribution in [2.75, 3.05) is 5.75 Å². The molecule has 16 heavy (non-hydrogen) atoms. The minimum Gasteiger partial charge on any atom is -0.353 e. The number of aromatic nitrogens is 3. The van der Waals surface area contributed by atoms with Gasteiger partial charge in [0.15, 0.2) is 5.16 Å². The molecule has 7 heteroatoms. The zero-order valence-electron chi connectivity index (χ0n) is 9.61. The van der Waals surface area contributed by atoms with E-state index < -0.39 is 0 Å². The average molecular weight is 244 g/mol. The number of thioether (sulfide) groups is 1. The molecule has 2 N–H and O–H groups in total. The van der Waals surface area contributed by atoms with Gasteiger partial charge in [-0.1, -0.05) is 18.7 Å². The summed E-state index contributed by atoms with van der Waals surface area (Å²) in [6.45, 7) is 3.96. The highest BCUT2D eigenvalue weighted by atomic mass is 32.2. The molecule has 90 valence electrons. The van der Waals surface area contributed by atoms with Crippen molar-refractivity contribution in [1.29, 1.82) is 0 Å². The van der Waals surface area contributed by atoms with E-state index in [4.69, 9.17) is 0 Å². The second-order valence-electron chi connectivity index (χ2n) is 3.54. The normalized spacial score (nSPS) is 12.4. The summed E-state index contributed by atoms with van der Waals surface area (Å²) in [7, 11) is 1.61. The van der Waals surface area contributed by atoms with Crippen molar-refractivity contribution in [3.05, 3.63) is 10.5 Å². The summed E-state index contributed by atoms with van der Waals surface area (Å²) in [5.74, 6) is 0.220. The number of carbonyl (C=O) groups is 1. The fourth-order valence-electron chi connectivity index (χ4n) is 1.01. The number of hydrogen-bond acceptors (Lipinski definition) is 4. The predicted molar refractivity (Wildman–Crippen MR) is 62.4 cm³/mol. The Kier molecular flexibility index (Phi) is 4.60. The first-order chi connectivity index (χ1) is 7.54. The molecule has 0 fully saturated rings. The second-order valence-corrected chi connectivity index (χ2v) is 4.48. The third-order valence-electron chi connectivity index (χ3n) is 2.19. The van der Waals surface area contributed by atoms with Gasteiger partial charge in [-0.3, -0.25) is 9.36 Å². The summed E-state index contributed by atoms with van der Waals surface area (Å²) in [5.41, 5.74) is -0.273. The highest BCUT2D eigenvalue weighted by molar-refractivity contribution is 7.99. The van der Waals surface area contributed by atoms with E-state index in [2.05, 4.69) is 15.5 Å². The molecular formula is C9H16N4O2S. The molecule has 1 amide bonds. The summed E-state index contributed by atoms with van der Waals surface area (Å²) in [5, 5.41) is 9.47. The number of amides is 1. The summed E-state index contributed by atoms with van der Waals surface area (Å²) < 4.78 is 1.38. The Hall–Kier alpha value is -1.24. The van der Waals surface area contributed by atoms with E-state index in [-0.39, 0.29) is 23.4 Å². The Bertz CT molecular complexity index is 412. The molecule has 1 rings (SSSR count). The predicted octanol–water partition coefficient (Wildman–Crippen LogP) is 0.115. The zero-order chi connectivity index (χ0) is 12.1. The van der Waals surface area contributed by atoms with Gasteiger partial charge in [0.1, 0.15) is 0 Å². The quantitative estimate of drug-likeness (QED) is 0.721. The topological polar surface area (TPSA) is 79.8 Å². The van der Waals surface area contributed by atoms with Gasteiger partial charge in [0.25, 0.3) is 0 Å². The van der Waals surface area contributed by atoms with Crippen molar-refractivity contribution >= 4 is 17.7 Å². The van der Waals surface area contributed by atoms with Crippen LogP contribution in [0.1, 0.15) is 20.3 Å². The summed E-state index contributed by atoms with van der Waals surface area (Å²) >= 11 is 1.24. The van der Waals surface area contributed by atoms with Crippen molar-refractivity contribution in [3.63, 3.8) is 0 Å². The third kappa shape index (κ3) is 3.41. The van der Waals surface area contributed by atoms with Crippen molar-refractivity contribution in [2.45, 2.75) is 31.5 Å². The first-order valence-electron chi connectivity index (χ1n) is 5.08. The fourth-order valence-corrected chi connectivity index (χ4v) is 1.74. The lowest BCUT2D eigenvalue weighted by Gasteiger charge is -2.10. The van der Waals surface area contributed by atoms with Crippen LogP contribution in [0, 0.1) is 0 Å². The lowest BCUT2D eigenvalue weighted by molar-refractivity contribution is -0.119. The molecule has 0 aliphatic heterocycles. The highest BCUT2D eigenvalue weighted by Crippen LogP contribution is 2.11. The molecule has 1 aromatic rings. The average Bonchev–Trinajstić information content (AvgIpc) is 2.57. The number of aromatic amines is 1. The number of hydrogen-bond donors (Lipinski definition) is 2. The van der Waals surface area contributed by atoms with Crippen LogP contribution in [-0.4, -0.2) is 32.5 Å². The van der Waals surface area contributed by atoms with Gasteiger partial charge in [-0.15, -0.1) is 5.10 Å². The van der Waals surface area contributed by atoms with E-state index in [1.165, 1.54) is 16.3 Å². The Morgan fingerprint density at radius 1 is 1.69 bits per heavy atom. The van der Waals surface area contributed by atoms with E-state index in [0.29, 0.717) is 5.16 Å². The van der Waals surface area contributed by atoms with Gasteiger partial charge in [-0.2, -0.15) is 0 Å². The first kappa shape index (κ1) is 12.8. The molecular weight excluding hydrogens is 228 g/mol. The van der Waals surface area contributed by atoms with Gasteiger partial charge in [-0.05, 0) is 13.3 Å². The summed E-state index contributed by atoms with van der Waals surface area (Å²) in [6.07, 6.45) is 0.900. The van der Waals surface area contributed by atoms with Crippen LogP contribution in [-0.2, 0) is 11.8 Å². The molecule has 0 radical (unpaired) electrons. The number of H-pyrrole nitrogens is 1. The first-order valence-corrected chi connectivity index (χ1v) is 6.06. The van der Waals surface area contributed by atoms with Crippen molar-refractivity contribution in [2.24, 2.45) is 7.05 Å². The number of carbonyl (C=O) groups excluding carboxylic acids is 1. The molecule has 1 atom stereocenters. The largest absolute Gasteiger partial charge is 0.353 e. The second kappa shape index (κ2) is 5.74. The van der Waals surface area contributed by atoms with Crippen LogP contribution in [0.25, 0.3) is 0 Å². The van der Waals surface area contributed by atoms with Gasteiger partial charge in [0.2, 0.25) is 5.91 Å². The van der Waals surface area contributed by atoms with Crippen LogP contribution in [0.4, 0.5) is 0 Å². The van der Waals surface area contributed by atoms with Gasteiger partial charge >= 0.3 is 5.69 Å². The minimum absolute atomic E-state index is 0.0465. The highest BCUT2D eigenvalue weighted by Gasteiger charge is 2.09. The Morgan fingerprint density at radius 2 is 2.38 bits per heavy atom. The molecule has 0 aliphatic carbocycles. The maximum atomic E-state index is 11.4. The number of nitrogens with one attached hydrogen (secondary N) is 2. The Balaban J connectivity index is 2.43. The van der Waals surface area contributed by atoms with Crippen LogP contribution in [0.5, 0.6) is 0 Å². The van der Waals surface area contributed by atoms with Gasteiger partial charge in [0.05, 0.1) is 5.75 Å². The van der Waals surface area contributed by atoms with E-state index in [1.807, 2.05) is 13.8 Å². The molecule has 0 aromatic carbocycles. The van der Waals surface area contributed by atoms with Crippen LogP contribution < -0.4 is 11.0 Å². The summed E-state index contributed by atoms with van der Waals surface area (Å²) in [6, 6.07) is 0.177. The van der Waals surface area contributed by atoms with Gasteiger partial charge < -0.3 is 5.32 Å². The van der Waals surface area contributed by atoms with Gasteiger partial charge in [-0.25, -0.2) is 9.89 Å². The SMILES string of the molecule is CC[C@H](C)NC(=O)CSc1n[nH]c(=O)n1C.